The van der Waals surface area contributed by atoms with Crippen LogP contribution in [-0.2, 0) is 5.41 Å². The monoisotopic (exact) mass is 396 g/mol. The number of hydrogen-bond acceptors (Lipinski definition) is 7. The fraction of sp³-hybridized carbons (Fsp3) is 0.286. The zero-order chi connectivity index (χ0) is 19.7. The fourth-order valence-corrected chi connectivity index (χ4v) is 3.44. The van der Waals surface area contributed by atoms with E-state index < -0.39 is 0 Å². The van der Waals surface area contributed by atoms with Gasteiger partial charge in [0.2, 0.25) is 12.7 Å². The highest BCUT2D eigenvalue weighted by molar-refractivity contribution is 7.99. The number of hydrogen-bond donors (Lipinski definition) is 0. The number of nitrogens with zero attached hydrogens (tertiary/aromatic N) is 2. The van der Waals surface area contributed by atoms with E-state index in [1.54, 1.807) is 18.2 Å². The van der Waals surface area contributed by atoms with E-state index >= 15 is 0 Å². The molecule has 0 spiro atoms. The first kappa shape index (κ1) is 18.6. The number of carbonyl (C=O) groups excluding carboxylic acids is 1. The van der Waals surface area contributed by atoms with E-state index in [0.29, 0.717) is 28.2 Å². The fourth-order valence-electron chi connectivity index (χ4n) is 2.78. The lowest BCUT2D eigenvalue weighted by atomic mass is 9.87. The smallest absolute Gasteiger partial charge is 0.277 e. The molecule has 0 N–H and O–H groups in total. The molecule has 0 bridgehead atoms. The summed E-state index contributed by atoms with van der Waals surface area (Å²) in [4.78, 5) is 12.4. The van der Waals surface area contributed by atoms with E-state index in [0.717, 1.165) is 5.56 Å². The molecule has 0 atom stereocenters. The molecule has 7 heteroatoms. The van der Waals surface area contributed by atoms with Gasteiger partial charge < -0.3 is 13.9 Å². The SMILES string of the molecule is CC(C)(C)c1ccc(-c2nnc(SCC(=O)c3ccc4c(c3)OCO4)o2)cc1. The maximum absolute atomic E-state index is 12.4. The third kappa shape index (κ3) is 3.89. The molecule has 28 heavy (non-hydrogen) atoms. The Morgan fingerprint density at radius 1 is 1.04 bits per heavy atom. The summed E-state index contributed by atoms with van der Waals surface area (Å²) in [6.07, 6.45) is 0. The number of aromatic nitrogens is 2. The average Bonchev–Trinajstić information content (AvgIpc) is 3.34. The van der Waals surface area contributed by atoms with E-state index in [4.69, 9.17) is 13.9 Å². The molecule has 144 valence electrons. The van der Waals surface area contributed by atoms with Crippen LogP contribution in [0.5, 0.6) is 11.5 Å². The Hall–Kier alpha value is -2.80. The van der Waals surface area contributed by atoms with Crippen LogP contribution >= 0.6 is 11.8 Å². The number of thioether (sulfide) groups is 1. The van der Waals surface area contributed by atoms with Gasteiger partial charge in [0.25, 0.3) is 5.22 Å². The summed E-state index contributed by atoms with van der Waals surface area (Å²) in [5.41, 5.74) is 2.74. The van der Waals surface area contributed by atoms with Gasteiger partial charge in [-0.2, -0.15) is 0 Å². The van der Waals surface area contributed by atoms with Gasteiger partial charge in [-0.1, -0.05) is 44.7 Å². The minimum absolute atomic E-state index is 0.0439. The predicted octanol–water partition coefficient (Wildman–Crippen LogP) is 4.74. The summed E-state index contributed by atoms with van der Waals surface area (Å²) in [5, 5.41) is 8.49. The Balaban J connectivity index is 1.40. The molecule has 0 saturated heterocycles. The summed E-state index contributed by atoms with van der Waals surface area (Å²) in [7, 11) is 0. The molecule has 3 aromatic rings. The highest BCUT2D eigenvalue weighted by Gasteiger charge is 2.18. The van der Waals surface area contributed by atoms with Gasteiger partial charge in [0.15, 0.2) is 17.3 Å². The second-order valence-electron chi connectivity index (χ2n) is 7.48. The van der Waals surface area contributed by atoms with Crippen LogP contribution in [0.15, 0.2) is 52.1 Å². The molecule has 1 aliphatic rings. The van der Waals surface area contributed by atoms with E-state index in [1.165, 1.54) is 17.3 Å². The van der Waals surface area contributed by atoms with Gasteiger partial charge in [-0.15, -0.1) is 10.2 Å². The molecule has 1 aliphatic heterocycles. The first-order valence-electron chi connectivity index (χ1n) is 8.90. The maximum Gasteiger partial charge on any atom is 0.277 e. The van der Waals surface area contributed by atoms with Gasteiger partial charge in [-0.3, -0.25) is 4.79 Å². The van der Waals surface area contributed by atoms with Crippen molar-refractivity contribution in [2.24, 2.45) is 0 Å². The van der Waals surface area contributed by atoms with Gasteiger partial charge in [0, 0.05) is 11.1 Å². The number of rotatable bonds is 5. The van der Waals surface area contributed by atoms with Gasteiger partial charge >= 0.3 is 0 Å². The van der Waals surface area contributed by atoms with Crippen LogP contribution in [-0.4, -0.2) is 28.5 Å². The lowest BCUT2D eigenvalue weighted by Gasteiger charge is -2.18. The molecule has 0 unspecified atom stereocenters. The van der Waals surface area contributed by atoms with Crippen LogP contribution in [0, 0.1) is 0 Å². The summed E-state index contributed by atoms with van der Waals surface area (Å²) in [6.45, 7) is 6.69. The van der Waals surface area contributed by atoms with Crippen molar-refractivity contribution in [3.05, 3.63) is 53.6 Å². The molecule has 4 rings (SSSR count). The van der Waals surface area contributed by atoms with Crippen molar-refractivity contribution in [2.75, 3.05) is 12.5 Å². The average molecular weight is 396 g/mol. The molecular weight excluding hydrogens is 376 g/mol. The quantitative estimate of drug-likeness (QED) is 0.455. The second kappa shape index (κ2) is 7.31. The highest BCUT2D eigenvalue weighted by atomic mass is 32.2. The number of ether oxygens (including phenoxy) is 2. The minimum atomic E-state index is -0.0439. The van der Waals surface area contributed by atoms with Crippen molar-refractivity contribution in [3.8, 4) is 23.0 Å². The second-order valence-corrected chi connectivity index (χ2v) is 8.41. The molecule has 0 radical (unpaired) electrons. The third-order valence-electron chi connectivity index (χ3n) is 4.43. The van der Waals surface area contributed by atoms with Crippen LogP contribution in [0.25, 0.3) is 11.5 Å². The summed E-state index contributed by atoms with van der Waals surface area (Å²) in [6, 6.07) is 13.2. The molecule has 0 aliphatic carbocycles. The van der Waals surface area contributed by atoms with Crippen molar-refractivity contribution in [1.29, 1.82) is 0 Å². The van der Waals surface area contributed by atoms with E-state index in [-0.39, 0.29) is 23.7 Å². The number of carbonyl (C=O) groups is 1. The van der Waals surface area contributed by atoms with Crippen LogP contribution in [0.2, 0.25) is 0 Å². The lowest BCUT2D eigenvalue weighted by molar-refractivity contribution is 0.102. The lowest BCUT2D eigenvalue weighted by Crippen LogP contribution is -2.10. The Morgan fingerprint density at radius 3 is 2.54 bits per heavy atom. The van der Waals surface area contributed by atoms with Gasteiger partial charge in [-0.25, -0.2) is 0 Å². The Bertz CT molecular complexity index is 1010. The van der Waals surface area contributed by atoms with E-state index in [2.05, 4.69) is 43.1 Å². The molecule has 6 nitrogen and oxygen atoms in total. The van der Waals surface area contributed by atoms with Crippen molar-refractivity contribution in [2.45, 2.75) is 31.4 Å². The summed E-state index contributed by atoms with van der Waals surface area (Å²) in [5.74, 6) is 1.85. The van der Waals surface area contributed by atoms with Gasteiger partial charge in [0.05, 0.1) is 5.75 Å². The number of Topliss-reactive ketones (excluding diaryl/α,β-unsaturated/α-hetero) is 1. The largest absolute Gasteiger partial charge is 0.454 e. The van der Waals surface area contributed by atoms with Crippen LogP contribution in [0.1, 0.15) is 36.7 Å². The van der Waals surface area contributed by atoms with Crippen molar-refractivity contribution < 1.29 is 18.7 Å². The topological polar surface area (TPSA) is 74.5 Å². The molecule has 0 saturated carbocycles. The Labute approximate surface area is 167 Å². The van der Waals surface area contributed by atoms with Crippen molar-refractivity contribution in [1.82, 2.24) is 10.2 Å². The molecular formula is C21H20N2O4S. The Kier molecular flexibility index (Phi) is 4.85. The predicted molar refractivity (Wildman–Crippen MR) is 106 cm³/mol. The number of fused-ring (bicyclic) bond motifs is 1. The van der Waals surface area contributed by atoms with Crippen LogP contribution < -0.4 is 9.47 Å². The van der Waals surface area contributed by atoms with Gasteiger partial charge in [-0.05, 0) is 41.3 Å². The zero-order valence-electron chi connectivity index (χ0n) is 15.9. The van der Waals surface area contributed by atoms with Crippen LogP contribution in [0.3, 0.4) is 0 Å². The normalized spacial score (nSPS) is 13.0. The first-order chi connectivity index (χ1) is 13.4. The third-order valence-corrected chi connectivity index (χ3v) is 5.24. The molecule has 2 aromatic carbocycles. The van der Waals surface area contributed by atoms with Crippen molar-refractivity contribution >= 4 is 17.5 Å². The number of ketones is 1. The molecule has 0 amide bonds. The standard InChI is InChI=1S/C21H20N2O4S/c1-21(2,3)15-7-4-13(5-8-15)19-22-23-20(27-19)28-11-16(24)14-6-9-17-18(10-14)26-12-25-17/h4-10H,11-12H2,1-3H3. The Morgan fingerprint density at radius 2 is 1.79 bits per heavy atom. The maximum atomic E-state index is 12.4. The minimum Gasteiger partial charge on any atom is -0.454 e. The van der Waals surface area contributed by atoms with Gasteiger partial charge in [0.1, 0.15) is 0 Å². The number of benzene rings is 2. The van der Waals surface area contributed by atoms with Crippen LogP contribution in [0.4, 0.5) is 0 Å². The molecule has 2 heterocycles. The first-order valence-corrected chi connectivity index (χ1v) is 9.89. The zero-order valence-corrected chi connectivity index (χ0v) is 16.7. The van der Waals surface area contributed by atoms with E-state index in [9.17, 15) is 4.79 Å². The summed E-state index contributed by atoms with van der Waals surface area (Å²) >= 11 is 1.22. The molecule has 0 fully saturated rings. The summed E-state index contributed by atoms with van der Waals surface area (Å²) < 4.78 is 16.3. The van der Waals surface area contributed by atoms with E-state index in [1.807, 2.05) is 12.1 Å². The highest BCUT2D eigenvalue weighted by Crippen LogP contribution is 2.33. The van der Waals surface area contributed by atoms with Crippen molar-refractivity contribution in [3.63, 3.8) is 0 Å². The molecule has 1 aromatic heterocycles.